The molecule has 1 aliphatic heterocycles. The van der Waals surface area contributed by atoms with E-state index in [-0.39, 0.29) is 12.1 Å². The molecule has 0 unspecified atom stereocenters. The third kappa shape index (κ3) is 3.16. The van der Waals surface area contributed by atoms with Crippen molar-refractivity contribution in [2.24, 2.45) is 0 Å². The van der Waals surface area contributed by atoms with Crippen LogP contribution in [0.15, 0.2) is 72.8 Å². The van der Waals surface area contributed by atoms with E-state index in [4.69, 9.17) is 9.47 Å². The molecule has 0 aromatic heterocycles. The Balaban J connectivity index is 1.82. The molecule has 5 nitrogen and oxygen atoms in total. The second kappa shape index (κ2) is 7.64. The van der Waals surface area contributed by atoms with Crippen molar-refractivity contribution in [2.45, 2.75) is 12.7 Å². The van der Waals surface area contributed by atoms with Gasteiger partial charge in [-0.25, -0.2) is 0 Å². The summed E-state index contributed by atoms with van der Waals surface area (Å²) < 4.78 is 11.1. The molecule has 28 heavy (non-hydrogen) atoms. The fourth-order valence-corrected chi connectivity index (χ4v) is 3.61. The standard InChI is InChI=1S/C23H22N2O3/c1-27-20-14-8-12-18(21(20)28-2)22-24-19-13-7-6-11-17(19)23(26)25(22)15-16-9-4-3-5-10-16/h3-14,22,24H,15H2,1-2H3/t22-/m1/s1. The van der Waals surface area contributed by atoms with Gasteiger partial charge in [0.25, 0.3) is 5.91 Å². The lowest BCUT2D eigenvalue weighted by Gasteiger charge is -2.38. The molecule has 1 atom stereocenters. The van der Waals surface area contributed by atoms with Crippen LogP contribution < -0.4 is 14.8 Å². The first kappa shape index (κ1) is 17.9. The maximum atomic E-state index is 13.4. The van der Waals surface area contributed by atoms with Gasteiger partial charge in [0.2, 0.25) is 0 Å². The van der Waals surface area contributed by atoms with Crippen LogP contribution in [-0.2, 0) is 6.54 Å². The number of anilines is 1. The zero-order chi connectivity index (χ0) is 19.5. The number of rotatable bonds is 5. The number of amides is 1. The average Bonchev–Trinajstić information content (AvgIpc) is 2.75. The fraction of sp³-hybridized carbons (Fsp3) is 0.174. The minimum atomic E-state index is -0.382. The van der Waals surface area contributed by atoms with E-state index in [9.17, 15) is 4.79 Å². The number of carbonyl (C=O) groups excluding carboxylic acids is 1. The Hall–Kier alpha value is -3.47. The van der Waals surface area contributed by atoms with Gasteiger partial charge in [-0.3, -0.25) is 4.79 Å². The summed E-state index contributed by atoms with van der Waals surface area (Å²) in [7, 11) is 3.22. The topological polar surface area (TPSA) is 50.8 Å². The monoisotopic (exact) mass is 374 g/mol. The quantitative estimate of drug-likeness (QED) is 0.716. The van der Waals surface area contributed by atoms with Gasteiger partial charge in [0, 0.05) is 17.8 Å². The van der Waals surface area contributed by atoms with E-state index >= 15 is 0 Å². The van der Waals surface area contributed by atoms with Crippen molar-refractivity contribution < 1.29 is 14.3 Å². The number of carbonyl (C=O) groups is 1. The van der Waals surface area contributed by atoms with Gasteiger partial charge in [0.1, 0.15) is 6.17 Å². The normalized spacial score (nSPS) is 15.6. The summed E-state index contributed by atoms with van der Waals surface area (Å²) in [6.45, 7) is 0.478. The number of methoxy groups -OCH3 is 2. The van der Waals surface area contributed by atoms with Crippen LogP contribution >= 0.6 is 0 Å². The first-order valence-corrected chi connectivity index (χ1v) is 9.14. The zero-order valence-corrected chi connectivity index (χ0v) is 15.9. The van der Waals surface area contributed by atoms with Crippen LogP contribution in [0.3, 0.4) is 0 Å². The van der Waals surface area contributed by atoms with E-state index in [1.165, 1.54) is 0 Å². The van der Waals surface area contributed by atoms with Crippen LogP contribution in [0, 0.1) is 0 Å². The summed E-state index contributed by atoms with van der Waals surface area (Å²) in [6, 6.07) is 23.3. The van der Waals surface area contributed by atoms with Gasteiger partial charge in [-0.05, 0) is 23.8 Å². The van der Waals surface area contributed by atoms with Gasteiger partial charge >= 0.3 is 0 Å². The molecule has 1 heterocycles. The maximum absolute atomic E-state index is 13.4. The molecule has 1 amide bonds. The van der Waals surface area contributed by atoms with Crippen molar-refractivity contribution in [1.29, 1.82) is 0 Å². The van der Waals surface area contributed by atoms with E-state index in [0.717, 1.165) is 16.8 Å². The minimum absolute atomic E-state index is 0.0203. The summed E-state index contributed by atoms with van der Waals surface area (Å²) in [4.78, 5) is 15.2. The smallest absolute Gasteiger partial charge is 0.258 e. The maximum Gasteiger partial charge on any atom is 0.258 e. The molecule has 0 aliphatic carbocycles. The lowest BCUT2D eigenvalue weighted by Crippen LogP contribution is -2.42. The van der Waals surface area contributed by atoms with Crippen molar-refractivity contribution in [1.82, 2.24) is 4.90 Å². The molecular weight excluding hydrogens is 352 g/mol. The second-order valence-electron chi connectivity index (χ2n) is 6.59. The molecule has 0 saturated carbocycles. The van der Waals surface area contributed by atoms with Gasteiger partial charge in [0.05, 0.1) is 19.8 Å². The third-order valence-electron chi connectivity index (χ3n) is 4.95. The number of nitrogens with zero attached hydrogens (tertiary/aromatic N) is 1. The molecule has 5 heteroatoms. The number of ether oxygens (including phenoxy) is 2. The van der Waals surface area contributed by atoms with E-state index in [1.54, 1.807) is 14.2 Å². The highest BCUT2D eigenvalue weighted by molar-refractivity contribution is 6.01. The zero-order valence-electron chi connectivity index (χ0n) is 15.9. The highest BCUT2D eigenvalue weighted by Crippen LogP contribution is 2.41. The number of nitrogens with one attached hydrogen (secondary N) is 1. The Bertz CT molecular complexity index is 988. The van der Waals surface area contributed by atoms with Crippen molar-refractivity contribution in [3.05, 3.63) is 89.5 Å². The minimum Gasteiger partial charge on any atom is -0.493 e. The van der Waals surface area contributed by atoms with Gasteiger partial charge < -0.3 is 19.7 Å². The Labute approximate surface area is 164 Å². The Morgan fingerprint density at radius 3 is 2.39 bits per heavy atom. The van der Waals surface area contributed by atoms with Crippen molar-refractivity contribution >= 4 is 11.6 Å². The number of hydrogen-bond acceptors (Lipinski definition) is 4. The molecule has 3 aromatic rings. The number of para-hydroxylation sites is 2. The van der Waals surface area contributed by atoms with Gasteiger partial charge in [-0.1, -0.05) is 54.6 Å². The highest BCUT2D eigenvalue weighted by atomic mass is 16.5. The highest BCUT2D eigenvalue weighted by Gasteiger charge is 2.35. The van der Waals surface area contributed by atoms with Crippen LogP contribution in [0.25, 0.3) is 0 Å². The summed E-state index contributed by atoms with van der Waals surface area (Å²) in [6.07, 6.45) is -0.382. The predicted molar refractivity (Wildman–Crippen MR) is 109 cm³/mol. The molecule has 142 valence electrons. The summed E-state index contributed by atoms with van der Waals surface area (Å²) in [5.74, 6) is 1.23. The van der Waals surface area contributed by atoms with Crippen molar-refractivity contribution in [3.8, 4) is 11.5 Å². The van der Waals surface area contributed by atoms with Crippen LogP contribution in [0.2, 0.25) is 0 Å². The van der Waals surface area contributed by atoms with Crippen LogP contribution in [0.1, 0.15) is 27.7 Å². The lowest BCUT2D eigenvalue weighted by molar-refractivity contribution is 0.0664. The second-order valence-corrected chi connectivity index (χ2v) is 6.59. The van der Waals surface area contributed by atoms with E-state index in [2.05, 4.69) is 5.32 Å². The van der Waals surface area contributed by atoms with Crippen LogP contribution in [0.4, 0.5) is 5.69 Å². The Morgan fingerprint density at radius 2 is 1.64 bits per heavy atom. The fourth-order valence-electron chi connectivity index (χ4n) is 3.61. The molecule has 1 aliphatic rings. The molecule has 0 spiro atoms. The summed E-state index contributed by atoms with van der Waals surface area (Å²) >= 11 is 0. The number of fused-ring (bicyclic) bond motifs is 1. The number of hydrogen-bond donors (Lipinski definition) is 1. The summed E-state index contributed by atoms with van der Waals surface area (Å²) in [5, 5.41) is 3.51. The molecule has 0 radical (unpaired) electrons. The Kier molecular flexibility index (Phi) is 4.89. The van der Waals surface area contributed by atoms with E-state index < -0.39 is 0 Å². The average molecular weight is 374 g/mol. The van der Waals surface area contributed by atoms with Gasteiger partial charge in [-0.2, -0.15) is 0 Å². The first-order valence-electron chi connectivity index (χ1n) is 9.14. The molecular formula is C23H22N2O3. The molecule has 4 rings (SSSR count). The third-order valence-corrected chi connectivity index (χ3v) is 4.95. The van der Waals surface area contributed by atoms with Crippen molar-refractivity contribution in [2.75, 3.05) is 19.5 Å². The molecule has 0 bridgehead atoms. The van der Waals surface area contributed by atoms with E-state index in [0.29, 0.717) is 23.6 Å². The summed E-state index contributed by atoms with van der Waals surface area (Å²) in [5.41, 5.74) is 3.38. The van der Waals surface area contributed by atoms with Gasteiger partial charge in [0.15, 0.2) is 11.5 Å². The number of benzene rings is 3. The molecule has 0 fully saturated rings. The SMILES string of the molecule is COc1cccc([C@@H]2Nc3ccccc3C(=O)N2Cc2ccccc2)c1OC. The molecule has 1 N–H and O–H groups in total. The lowest BCUT2D eigenvalue weighted by atomic mass is 10.0. The van der Waals surface area contributed by atoms with E-state index in [1.807, 2.05) is 77.7 Å². The predicted octanol–water partition coefficient (Wildman–Crippen LogP) is 4.47. The molecule has 3 aromatic carbocycles. The van der Waals surface area contributed by atoms with Gasteiger partial charge in [-0.15, -0.1) is 0 Å². The first-order chi connectivity index (χ1) is 13.7. The van der Waals surface area contributed by atoms with Crippen LogP contribution in [-0.4, -0.2) is 25.0 Å². The largest absolute Gasteiger partial charge is 0.493 e. The Morgan fingerprint density at radius 1 is 0.893 bits per heavy atom. The van der Waals surface area contributed by atoms with Crippen molar-refractivity contribution in [3.63, 3.8) is 0 Å². The van der Waals surface area contributed by atoms with Crippen LogP contribution in [0.5, 0.6) is 11.5 Å². The molecule has 0 saturated heterocycles.